The fraction of sp³-hybridized carbons (Fsp3) is 0.316. The molecular weight excluding hydrogens is 350 g/mol. The maximum atomic E-state index is 12.6. The molecule has 0 radical (unpaired) electrons. The molecule has 2 heterocycles. The largest absolute Gasteiger partial charge is 0.466 e. The van der Waals surface area contributed by atoms with E-state index in [4.69, 9.17) is 4.74 Å². The predicted molar refractivity (Wildman–Crippen MR) is 102 cm³/mol. The molecule has 2 aliphatic heterocycles. The van der Waals surface area contributed by atoms with E-state index in [1.165, 1.54) is 18.9 Å². The SMILES string of the molecule is COC(=O)C1=C(C)N=C2SC(C(=O)N(C)C)=C(C)N2[C@@H]1c1ccccc1. The van der Waals surface area contributed by atoms with Crippen LogP contribution in [0.2, 0.25) is 0 Å². The van der Waals surface area contributed by atoms with Gasteiger partial charge in [0.05, 0.1) is 29.3 Å². The highest BCUT2D eigenvalue weighted by Crippen LogP contribution is 2.47. The second-order valence-electron chi connectivity index (χ2n) is 6.28. The molecule has 0 bridgehead atoms. The Morgan fingerprint density at radius 3 is 2.42 bits per heavy atom. The van der Waals surface area contributed by atoms with Gasteiger partial charge in [0.1, 0.15) is 0 Å². The molecule has 0 saturated heterocycles. The molecule has 6 nitrogen and oxygen atoms in total. The lowest BCUT2D eigenvalue weighted by Crippen LogP contribution is -2.36. The standard InChI is InChI=1S/C19H21N3O3S/c1-11-14(18(24)25-5)15(13-9-7-6-8-10-13)22-12(2)16(17(23)21(3)4)26-19(22)20-11/h6-10,15H,1-5H3/t15-/m1/s1. The molecule has 0 spiro atoms. The van der Waals surface area contributed by atoms with E-state index in [1.54, 1.807) is 25.9 Å². The van der Waals surface area contributed by atoms with E-state index >= 15 is 0 Å². The third-order valence-electron chi connectivity index (χ3n) is 4.40. The Labute approximate surface area is 157 Å². The van der Waals surface area contributed by atoms with Gasteiger partial charge < -0.3 is 14.5 Å². The minimum absolute atomic E-state index is 0.0753. The molecule has 1 aromatic carbocycles. The van der Waals surface area contributed by atoms with Gasteiger partial charge in [0.2, 0.25) is 0 Å². The van der Waals surface area contributed by atoms with Crippen molar-refractivity contribution < 1.29 is 14.3 Å². The third-order valence-corrected chi connectivity index (χ3v) is 5.54. The number of carbonyl (C=O) groups is 2. The quantitative estimate of drug-likeness (QED) is 0.765. The van der Waals surface area contributed by atoms with Crippen LogP contribution in [0.15, 0.2) is 57.2 Å². The second-order valence-corrected chi connectivity index (χ2v) is 7.26. The highest BCUT2D eigenvalue weighted by molar-refractivity contribution is 8.18. The molecule has 7 heteroatoms. The van der Waals surface area contributed by atoms with Crippen LogP contribution in [0.4, 0.5) is 0 Å². The second kappa shape index (κ2) is 6.99. The highest BCUT2D eigenvalue weighted by Gasteiger charge is 2.43. The van der Waals surface area contributed by atoms with E-state index in [0.717, 1.165) is 11.3 Å². The molecule has 1 amide bonds. The van der Waals surface area contributed by atoms with Crippen LogP contribution >= 0.6 is 11.8 Å². The number of amidine groups is 1. The van der Waals surface area contributed by atoms with Crippen LogP contribution in [0.3, 0.4) is 0 Å². The van der Waals surface area contributed by atoms with Crippen molar-refractivity contribution in [3.05, 3.63) is 57.8 Å². The van der Waals surface area contributed by atoms with Crippen LogP contribution in [0, 0.1) is 0 Å². The van der Waals surface area contributed by atoms with Crippen LogP contribution < -0.4 is 0 Å². The molecule has 26 heavy (non-hydrogen) atoms. The van der Waals surface area contributed by atoms with Crippen LogP contribution in [0.1, 0.15) is 25.5 Å². The number of methoxy groups -OCH3 is 1. The van der Waals surface area contributed by atoms with Crippen LogP contribution in [0.5, 0.6) is 0 Å². The van der Waals surface area contributed by atoms with Crippen molar-refractivity contribution in [2.24, 2.45) is 4.99 Å². The summed E-state index contributed by atoms with van der Waals surface area (Å²) in [6.07, 6.45) is 0. The fourth-order valence-electron chi connectivity index (χ4n) is 3.10. The first kappa shape index (κ1) is 18.3. The molecule has 0 N–H and O–H groups in total. The molecule has 0 fully saturated rings. The van der Waals surface area contributed by atoms with Gasteiger partial charge in [-0.3, -0.25) is 4.79 Å². The maximum Gasteiger partial charge on any atom is 0.338 e. The van der Waals surface area contributed by atoms with E-state index in [9.17, 15) is 9.59 Å². The van der Waals surface area contributed by atoms with Crippen LogP contribution in [-0.4, -0.2) is 48.0 Å². The summed E-state index contributed by atoms with van der Waals surface area (Å²) in [5, 5.41) is 0.701. The first-order valence-electron chi connectivity index (χ1n) is 8.19. The maximum absolute atomic E-state index is 12.6. The lowest BCUT2D eigenvalue weighted by molar-refractivity contribution is -0.136. The molecule has 1 aromatic rings. The van der Waals surface area contributed by atoms with Crippen molar-refractivity contribution >= 4 is 28.8 Å². The average Bonchev–Trinajstić information content (AvgIpc) is 2.96. The Morgan fingerprint density at radius 1 is 1.19 bits per heavy atom. The van der Waals surface area contributed by atoms with Crippen LogP contribution in [-0.2, 0) is 14.3 Å². The lowest BCUT2D eigenvalue weighted by Gasteiger charge is -2.35. The topological polar surface area (TPSA) is 62.2 Å². The Kier molecular flexibility index (Phi) is 4.91. The zero-order valence-corrected chi connectivity index (χ0v) is 16.3. The average molecular weight is 371 g/mol. The monoisotopic (exact) mass is 371 g/mol. The summed E-state index contributed by atoms with van der Waals surface area (Å²) >= 11 is 1.34. The zero-order valence-electron chi connectivity index (χ0n) is 15.4. The van der Waals surface area contributed by atoms with E-state index in [0.29, 0.717) is 21.3 Å². The molecule has 0 unspecified atom stereocenters. The number of esters is 1. The minimum Gasteiger partial charge on any atom is -0.466 e. The third kappa shape index (κ3) is 2.92. The van der Waals surface area contributed by atoms with E-state index in [1.807, 2.05) is 42.2 Å². The van der Waals surface area contributed by atoms with Gasteiger partial charge in [0.15, 0.2) is 5.17 Å². The van der Waals surface area contributed by atoms with Gasteiger partial charge in [0, 0.05) is 19.8 Å². The fourth-order valence-corrected chi connectivity index (χ4v) is 4.32. The predicted octanol–water partition coefficient (Wildman–Crippen LogP) is 2.91. The van der Waals surface area contributed by atoms with Crippen molar-refractivity contribution in [1.82, 2.24) is 9.80 Å². The normalized spacial score (nSPS) is 19.3. The number of hydrogen-bond acceptors (Lipinski definition) is 6. The van der Waals surface area contributed by atoms with Crippen molar-refractivity contribution in [3.8, 4) is 0 Å². The summed E-state index contributed by atoms with van der Waals surface area (Å²) in [5.41, 5.74) is 2.82. The number of ether oxygens (including phenoxy) is 1. The molecule has 0 saturated carbocycles. The van der Waals surface area contributed by atoms with Gasteiger partial charge in [-0.25, -0.2) is 9.79 Å². The van der Waals surface area contributed by atoms with E-state index in [-0.39, 0.29) is 11.9 Å². The summed E-state index contributed by atoms with van der Waals surface area (Å²) in [6.45, 7) is 3.69. The van der Waals surface area contributed by atoms with Crippen molar-refractivity contribution in [3.63, 3.8) is 0 Å². The molecule has 2 aliphatic rings. The number of thioether (sulfide) groups is 1. The number of carbonyl (C=O) groups excluding carboxylic acids is 2. The number of allylic oxidation sites excluding steroid dienone is 2. The van der Waals surface area contributed by atoms with Gasteiger partial charge in [-0.05, 0) is 31.2 Å². The number of amides is 1. The molecule has 0 aromatic heterocycles. The van der Waals surface area contributed by atoms with Gasteiger partial charge in [-0.1, -0.05) is 30.3 Å². The summed E-state index contributed by atoms with van der Waals surface area (Å²) in [7, 11) is 4.81. The summed E-state index contributed by atoms with van der Waals surface area (Å²) < 4.78 is 5.02. The number of benzene rings is 1. The Balaban J connectivity index is 2.17. The zero-order chi connectivity index (χ0) is 19.0. The van der Waals surface area contributed by atoms with Gasteiger partial charge >= 0.3 is 5.97 Å². The van der Waals surface area contributed by atoms with Crippen molar-refractivity contribution in [1.29, 1.82) is 0 Å². The minimum atomic E-state index is -0.413. The van der Waals surface area contributed by atoms with Gasteiger partial charge in [-0.2, -0.15) is 0 Å². The van der Waals surface area contributed by atoms with E-state index < -0.39 is 5.97 Å². The molecule has 3 rings (SSSR count). The molecule has 0 aliphatic carbocycles. The number of hydrogen-bond donors (Lipinski definition) is 0. The number of likely N-dealkylation sites (N-methyl/N-ethyl adjacent to an activating group) is 1. The Hall–Kier alpha value is -2.54. The van der Waals surface area contributed by atoms with Crippen molar-refractivity contribution in [2.45, 2.75) is 19.9 Å². The van der Waals surface area contributed by atoms with E-state index in [2.05, 4.69) is 4.99 Å². The first-order valence-corrected chi connectivity index (χ1v) is 9.00. The Morgan fingerprint density at radius 2 is 1.85 bits per heavy atom. The number of nitrogens with zero attached hydrogens (tertiary/aromatic N) is 3. The van der Waals surface area contributed by atoms with Gasteiger partial charge in [-0.15, -0.1) is 0 Å². The van der Waals surface area contributed by atoms with Crippen molar-refractivity contribution in [2.75, 3.05) is 21.2 Å². The van der Waals surface area contributed by atoms with Crippen LogP contribution in [0.25, 0.3) is 0 Å². The summed E-state index contributed by atoms with van der Waals surface area (Å²) in [4.78, 5) is 33.8. The molecule has 1 atom stereocenters. The number of rotatable bonds is 3. The van der Waals surface area contributed by atoms with Gasteiger partial charge in [0.25, 0.3) is 5.91 Å². The highest BCUT2D eigenvalue weighted by atomic mass is 32.2. The number of aliphatic imine (C=N–C) groups is 1. The summed E-state index contributed by atoms with van der Waals surface area (Å²) in [6, 6.07) is 9.34. The number of fused-ring (bicyclic) bond motifs is 1. The Bertz CT molecular complexity index is 856. The molecule has 136 valence electrons. The lowest BCUT2D eigenvalue weighted by atomic mass is 9.94. The summed E-state index contributed by atoms with van der Waals surface area (Å²) in [5.74, 6) is -0.488. The first-order chi connectivity index (χ1) is 12.4. The smallest absolute Gasteiger partial charge is 0.338 e. The molecular formula is C19H21N3O3S.